The van der Waals surface area contributed by atoms with Crippen molar-refractivity contribution >= 4 is 0 Å². The Labute approximate surface area is 79.7 Å². The first-order chi connectivity index (χ1) is 6.47. The average molecular weight is 204 g/mol. The number of nitrogens with zero attached hydrogens (tertiary/aromatic N) is 2. The summed E-state index contributed by atoms with van der Waals surface area (Å²) in [6, 6.07) is 0. The fourth-order valence-electron chi connectivity index (χ4n) is 1.67. The highest BCUT2D eigenvalue weighted by Gasteiger charge is 2.34. The van der Waals surface area contributed by atoms with Crippen LogP contribution in [-0.2, 0) is 6.54 Å². The van der Waals surface area contributed by atoms with E-state index >= 15 is 0 Å². The fraction of sp³-hybridized carbons (Fsp3) is 0.667. The summed E-state index contributed by atoms with van der Waals surface area (Å²) in [7, 11) is 0. The smallest absolute Gasteiger partial charge is 0.260 e. The Morgan fingerprint density at radius 1 is 1.50 bits per heavy atom. The maximum atomic E-state index is 12.2. The van der Waals surface area contributed by atoms with E-state index in [9.17, 15) is 13.2 Å². The zero-order valence-electron chi connectivity index (χ0n) is 7.80. The maximum absolute atomic E-state index is 12.2. The standard InChI is InChI=1S/C9H11F3N2/c1-6-4-13-14(5-9(10,11)12)8(6)7-2-3-7/h4,7H,2-3,5H2,1H3. The van der Waals surface area contributed by atoms with E-state index in [4.69, 9.17) is 0 Å². The summed E-state index contributed by atoms with van der Waals surface area (Å²) in [6.07, 6.45) is -0.684. The minimum Gasteiger partial charge on any atom is -0.260 e. The zero-order valence-corrected chi connectivity index (χ0v) is 7.80. The molecule has 1 fully saturated rings. The molecular weight excluding hydrogens is 193 g/mol. The molecule has 1 aromatic rings. The SMILES string of the molecule is Cc1cnn(CC(F)(F)F)c1C1CC1. The van der Waals surface area contributed by atoms with E-state index in [1.165, 1.54) is 6.20 Å². The highest BCUT2D eigenvalue weighted by Crippen LogP contribution is 2.41. The van der Waals surface area contributed by atoms with Crippen molar-refractivity contribution < 1.29 is 13.2 Å². The van der Waals surface area contributed by atoms with Crippen LogP contribution in [0, 0.1) is 6.92 Å². The molecule has 0 bridgehead atoms. The average Bonchev–Trinajstić information content (AvgIpc) is 2.77. The normalized spacial score (nSPS) is 17.4. The van der Waals surface area contributed by atoms with Crippen LogP contribution in [0.2, 0.25) is 0 Å². The Balaban J connectivity index is 2.24. The first-order valence-electron chi connectivity index (χ1n) is 4.56. The number of rotatable bonds is 2. The zero-order chi connectivity index (χ0) is 10.3. The lowest BCUT2D eigenvalue weighted by atomic mass is 10.2. The van der Waals surface area contributed by atoms with Crippen molar-refractivity contribution in [2.45, 2.75) is 38.4 Å². The Hall–Kier alpha value is -1.00. The maximum Gasteiger partial charge on any atom is 0.408 e. The van der Waals surface area contributed by atoms with Crippen LogP contribution in [0.25, 0.3) is 0 Å². The topological polar surface area (TPSA) is 17.8 Å². The molecule has 0 N–H and O–H groups in total. The molecule has 2 nitrogen and oxygen atoms in total. The Morgan fingerprint density at radius 2 is 2.14 bits per heavy atom. The first-order valence-corrected chi connectivity index (χ1v) is 4.56. The lowest BCUT2D eigenvalue weighted by molar-refractivity contribution is -0.143. The molecule has 14 heavy (non-hydrogen) atoms. The van der Waals surface area contributed by atoms with Gasteiger partial charge in [0.1, 0.15) is 6.54 Å². The number of aromatic nitrogens is 2. The number of halogens is 3. The molecule has 0 radical (unpaired) electrons. The molecule has 0 atom stereocenters. The summed E-state index contributed by atoms with van der Waals surface area (Å²) in [4.78, 5) is 0. The summed E-state index contributed by atoms with van der Waals surface area (Å²) < 4.78 is 37.6. The summed E-state index contributed by atoms with van der Waals surface area (Å²) >= 11 is 0. The second kappa shape index (κ2) is 3.00. The lowest BCUT2D eigenvalue weighted by Gasteiger charge is -2.10. The van der Waals surface area contributed by atoms with E-state index in [2.05, 4.69) is 5.10 Å². The van der Waals surface area contributed by atoms with Crippen molar-refractivity contribution in [2.24, 2.45) is 0 Å². The van der Waals surface area contributed by atoms with Gasteiger partial charge in [-0.15, -0.1) is 0 Å². The van der Waals surface area contributed by atoms with Gasteiger partial charge in [-0.05, 0) is 25.3 Å². The molecule has 5 heteroatoms. The van der Waals surface area contributed by atoms with Gasteiger partial charge in [-0.1, -0.05) is 0 Å². The monoisotopic (exact) mass is 204 g/mol. The number of hydrogen-bond acceptors (Lipinski definition) is 1. The van der Waals surface area contributed by atoms with Gasteiger partial charge in [0.15, 0.2) is 0 Å². The third-order valence-corrected chi connectivity index (χ3v) is 2.37. The van der Waals surface area contributed by atoms with Crippen LogP contribution in [-0.4, -0.2) is 16.0 Å². The van der Waals surface area contributed by atoms with E-state index < -0.39 is 12.7 Å². The molecule has 0 saturated heterocycles. The molecule has 1 aromatic heterocycles. The van der Waals surface area contributed by atoms with E-state index in [1.807, 2.05) is 6.92 Å². The third-order valence-electron chi connectivity index (χ3n) is 2.37. The van der Waals surface area contributed by atoms with Crippen LogP contribution >= 0.6 is 0 Å². The molecule has 0 aliphatic heterocycles. The van der Waals surface area contributed by atoms with Crippen LogP contribution < -0.4 is 0 Å². The van der Waals surface area contributed by atoms with E-state index in [0.717, 1.165) is 28.8 Å². The van der Waals surface area contributed by atoms with Crippen LogP contribution in [0.1, 0.15) is 30.0 Å². The minimum absolute atomic E-state index is 0.305. The van der Waals surface area contributed by atoms with Gasteiger partial charge < -0.3 is 0 Å². The van der Waals surface area contributed by atoms with Crippen molar-refractivity contribution in [1.82, 2.24) is 9.78 Å². The molecule has 1 heterocycles. The highest BCUT2D eigenvalue weighted by atomic mass is 19.4. The van der Waals surface area contributed by atoms with Gasteiger partial charge in [-0.2, -0.15) is 18.3 Å². The predicted molar refractivity (Wildman–Crippen MR) is 45.0 cm³/mol. The van der Waals surface area contributed by atoms with E-state index in [-0.39, 0.29) is 0 Å². The van der Waals surface area contributed by atoms with Crippen molar-refractivity contribution in [1.29, 1.82) is 0 Å². The molecule has 1 saturated carbocycles. The minimum atomic E-state index is -4.18. The Morgan fingerprint density at radius 3 is 2.64 bits per heavy atom. The molecule has 1 aliphatic carbocycles. The quantitative estimate of drug-likeness (QED) is 0.724. The van der Waals surface area contributed by atoms with Crippen molar-refractivity contribution in [2.75, 3.05) is 0 Å². The largest absolute Gasteiger partial charge is 0.408 e. The molecule has 1 aliphatic rings. The first kappa shape index (κ1) is 9.55. The molecule has 0 aromatic carbocycles. The third kappa shape index (κ3) is 1.91. The number of hydrogen-bond donors (Lipinski definition) is 0. The molecule has 78 valence electrons. The van der Waals surface area contributed by atoms with Crippen molar-refractivity contribution in [3.05, 3.63) is 17.5 Å². The predicted octanol–water partition coefficient (Wildman–Crippen LogP) is 2.63. The summed E-state index contributed by atoms with van der Waals surface area (Å²) in [5.74, 6) is 0.305. The van der Waals surface area contributed by atoms with Crippen LogP contribution in [0.5, 0.6) is 0 Å². The number of alkyl halides is 3. The van der Waals surface area contributed by atoms with Crippen LogP contribution in [0.4, 0.5) is 13.2 Å². The molecule has 0 spiro atoms. The summed E-state index contributed by atoms with van der Waals surface area (Å²) in [5.41, 5.74) is 1.64. The van der Waals surface area contributed by atoms with Gasteiger partial charge in [0.05, 0.1) is 6.20 Å². The van der Waals surface area contributed by atoms with Gasteiger partial charge in [0, 0.05) is 11.6 Å². The molecule has 2 rings (SSSR count). The van der Waals surface area contributed by atoms with E-state index in [1.54, 1.807) is 0 Å². The second-order valence-corrected chi connectivity index (χ2v) is 3.76. The molecule has 0 amide bonds. The van der Waals surface area contributed by atoms with Gasteiger partial charge >= 0.3 is 6.18 Å². The highest BCUT2D eigenvalue weighted by molar-refractivity contribution is 5.24. The second-order valence-electron chi connectivity index (χ2n) is 3.76. The van der Waals surface area contributed by atoms with Crippen LogP contribution in [0.15, 0.2) is 6.20 Å². The van der Waals surface area contributed by atoms with Crippen molar-refractivity contribution in [3.8, 4) is 0 Å². The Bertz CT molecular complexity index is 336. The van der Waals surface area contributed by atoms with Gasteiger partial charge in [0.25, 0.3) is 0 Å². The van der Waals surface area contributed by atoms with Crippen molar-refractivity contribution in [3.63, 3.8) is 0 Å². The summed E-state index contributed by atoms with van der Waals surface area (Å²) in [6.45, 7) is 0.847. The van der Waals surface area contributed by atoms with Gasteiger partial charge in [-0.3, -0.25) is 4.68 Å². The fourth-order valence-corrected chi connectivity index (χ4v) is 1.67. The molecular formula is C9H11F3N2. The van der Waals surface area contributed by atoms with Gasteiger partial charge in [-0.25, -0.2) is 0 Å². The van der Waals surface area contributed by atoms with Gasteiger partial charge in [0.2, 0.25) is 0 Å². The number of aryl methyl sites for hydroxylation is 1. The lowest BCUT2D eigenvalue weighted by Crippen LogP contribution is -2.20. The molecule has 0 unspecified atom stereocenters. The van der Waals surface area contributed by atoms with E-state index in [0.29, 0.717) is 5.92 Å². The summed E-state index contributed by atoms with van der Waals surface area (Å²) in [5, 5.41) is 3.76. The van der Waals surface area contributed by atoms with Crippen LogP contribution in [0.3, 0.4) is 0 Å². The Kier molecular flexibility index (Phi) is 2.05.